The van der Waals surface area contributed by atoms with Crippen molar-refractivity contribution in [3.05, 3.63) is 42.0 Å². The molecule has 0 aromatic heterocycles. The van der Waals surface area contributed by atoms with Gasteiger partial charge in [-0.05, 0) is 30.9 Å². The summed E-state index contributed by atoms with van der Waals surface area (Å²) in [6.45, 7) is 4.47. The quantitative estimate of drug-likeness (QED) is 0.802. The minimum Gasteiger partial charge on any atom is -0.338 e. The molecule has 6 heteroatoms. The van der Waals surface area contributed by atoms with Gasteiger partial charge in [-0.1, -0.05) is 36.4 Å². The molecular formula is C19H26N2O3S. The van der Waals surface area contributed by atoms with Crippen molar-refractivity contribution in [2.45, 2.75) is 25.8 Å². The van der Waals surface area contributed by atoms with Gasteiger partial charge < -0.3 is 4.90 Å². The van der Waals surface area contributed by atoms with E-state index in [9.17, 15) is 13.2 Å². The molecule has 1 atom stereocenters. The van der Waals surface area contributed by atoms with E-state index in [1.165, 1.54) is 11.1 Å². The highest BCUT2D eigenvalue weighted by Crippen LogP contribution is 2.22. The first-order valence-corrected chi connectivity index (χ1v) is 10.8. The van der Waals surface area contributed by atoms with Crippen molar-refractivity contribution in [2.24, 2.45) is 0 Å². The summed E-state index contributed by atoms with van der Waals surface area (Å²) in [5, 5.41) is 0. The summed E-state index contributed by atoms with van der Waals surface area (Å²) in [6, 6.07) is 10.2. The van der Waals surface area contributed by atoms with E-state index in [2.05, 4.69) is 23.1 Å². The summed E-state index contributed by atoms with van der Waals surface area (Å²) in [6.07, 6.45) is 3.70. The van der Waals surface area contributed by atoms with Crippen LogP contribution >= 0.6 is 0 Å². The maximum absolute atomic E-state index is 12.7. The Morgan fingerprint density at radius 3 is 2.60 bits per heavy atom. The number of hydrogen-bond acceptors (Lipinski definition) is 4. The second-order valence-corrected chi connectivity index (χ2v) is 9.05. The summed E-state index contributed by atoms with van der Waals surface area (Å²) in [5.41, 5.74) is 2.58. The van der Waals surface area contributed by atoms with E-state index in [1.54, 1.807) is 4.90 Å². The lowest BCUT2D eigenvalue weighted by Crippen LogP contribution is -2.46. The van der Waals surface area contributed by atoms with Crippen LogP contribution in [-0.2, 0) is 14.6 Å². The molecule has 0 spiro atoms. The van der Waals surface area contributed by atoms with Gasteiger partial charge in [-0.2, -0.15) is 0 Å². The third kappa shape index (κ3) is 4.50. The third-order valence-electron chi connectivity index (χ3n) is 5.11. The highest BCUT2D eigenvalue weighted by atomic mass is 32.2. The predicted octanol–water partition coefficient (Wildman–Crippen LogP) is 1.81. The van der Waals surface area contributed by atoms with E-state index in [4.69, 9.17) is 0 Å². The number of hydrogen-bond donors (Lipinski definition) is 0. The Hall–Kier alpha value is -1.66. The standard InChI is InChI=1S/C19H26N2O3S/c1-2-21(18-10-13-25(23,24)15-18)19(22)14-20-11-8-17(9-12-20)16-6-4-3-5-7-16/h3-8,18H,2,9-15H2,1H3/t18-/m1/s1. The molecule has 0 saturated carbocycles. The Morgan fingerprint density at radius 2 is 2.04 bits per heavy atom. The van der Waals surface area contributed by atoms with E-state index in [-0.39, 0.29) is 23.5 Å². The van der Waals surface area contributed by atoms with Crippen molar-refractivity contribution in [1.29, 1.82) is 0 Å². The molecule has 0 radical (unpaired) electrons. The van der Waals surface area contributed by atoms with Gasteiger partial charge in [0.2, 0.25) is 5.91 Å². The van der Waals surface area contributed by atoms with E-state index in [0.29, 0.717) is 19.5 Å². The van der Waals surface area contributed by atoms with E-state index >= 15 is 0 Å². The number of likely N-dealkylation sites (N-methyl/N-ethyl adjacent to an activating group) is 1. The van der Waals surface area contributed by atoms with Gasteiger partial charge in [-0.25, -0.2) is 8.42 Å². The zero-order valence-electron chi connectivity index (χ0n) is 14.7. The number of carbonyl (C=O) groups is 1. The van der Waals surface area contributed by atoms with Crippen LogP contribution in [0, 0.1) is 0 Å². The Kier molecular flexibility index (Phi) is 5.59. The lowest BCUT2D eigenvalue weighted by atomic mass is 9.99. The summed E-state index contributed by atoms with van der Waals surface area (Å²) in [5.74, 6) is 0.361. The first-order chi connectivity index (χ1) is 12.0. The Balaban J connectivity index is 1.57. The Labute approximate surface area is 150 Å². The van der Waals surface area contributed by atoms with Crippen LogP contribution in [0.25, 0.3) is 5.57 Å². The van der Waals surface area contributed by atoms with Gasteiger partial charge in [0.1, 0.15) is 0 Å². The zero-order valence-corrected chi connectivity index (χ0v) is 15.5. The first kappa shape index (κ1) is 18.1. The van der Waals surface area contributed by atoms with Crippen molar-refractivity contribution in [2.75, 3.05) is 37.7 Å². The second kappa shape index (κ2) is 7.70. The fourth-order valence-electron chi connectivity index (χ4n) is 3.71. The second-order valence-electron chi connectivity index (χ2n) is 6.82. The summed E-state index contributed by atoms with van der Waals surface area (Å²) >= 11 is 0. The monoisotopic (exact) mass is 362 g/mol. The molecule has 2 heterocycles. The van der Waals surface area contributed by atoms with E-state index in [1.807, 2.05) is 25.1 Å². The number of nitrogens with zero attached hydrogens (tertiary/aromatic N) is 2. The van der Waals surface area contributed by atoms with Crippen LogP contribution in [0.5, 0.6) is 0 Å². The fourth-order valence-corrected chi connectivity index (χ4v) is 5.44. The first-order valence-electron chi connectivity index (χ1n) is 8.95. The molecule has 5 nitrogen and oxygen atoms in total. The van der Waals surface area contributed by atoms with Gasteiger partial charge in [0.05, 0.1) is 18.1 Å². The van der Waals surface area contributed by atoms with Gasteiger partial charge in [-0.3, -0.25) is 9.69 Å². The van der Waals surface area contributed by atoms with Gasteiger partial charge in [0, 0.05) is 25.7 Å². The SMILES string of the molecule is CCN(C(=O)CN1CC=C(c2ccccc2)CC1)[C@@H]1CCS(=O)(=O)C1. The van der Waals surface area contributed by atoms with E-state index in [0.717, 1.165) is 19.5 Å². The molecule has 0 bridgehead atoms. The number of sulfone groups is 1. The fraction of sp³-hybridized carbons (Fsp3) is 0.526. The number of rotatable bonds is 5. The van der Waals surface area contributed by atoms with Crippen molar-refractivity contribution in [3.8, 4) is 0 Å². The molecule has 1 saturated heterocycles. The lowest BCUT2D eigenvalue weighted by Gasteiger charge is -2.31. The summed E-state index contributed by atoms with van der Waals surface area (Å²) in [7, 11) is -2.97. The van der Waals surface area contributed by atoms with Crippen LogP contribution in [0.15, 0.2) is 36.4 Å². The molecule has 0 unspecified atom stereocenters. The maximum Gasteiger partial charge on any atom is 0.237 e. The molecule has 1 amide bonds. The van der Waals surface area contributed by atoms with Gasteiger partial charge in [0.15, 0.2) is 9.84 Å². The number of carbonyl (C=O) groups excluding carboxylic acids is 1. The average molecular weight is 362 g/mol. The molecule has 0 aliphatic carbocycles. The summed E-state index contributed by atoms with van der Waals surface area (Å²) in [4.78, 5) is 16.6. The molecule has 25 heavy (non-hydrogen) atoms. The normalized spacial score (nSPS) is 23.2. The maximum atomic E-state index is 12.7. The Bertz CT molecular complexity index is 743. The average Bonchev–Trinajstić information content (AvgIpc) is 2.96. The molecule has 2 aliphatic rings. The molecule has 3 rings (SSSR count). The molecule has 1 aromatic carbocycles. The molecule has 1 fully saturated rings. The third-order valence-corrected chi connectivity index (χ3v) is 6.86. The van der Waals surface area contributed by atoms with Gasteiger partial charge >= 0.3 is 0 Å². The van der Waals surface area contributed by atoms with Crippen LogP contribution in [0.4, 0.5) is 0 Å². The van der Waals surface area contributed by atoms with Crippen LogP contribution < -0.4 is 0 Å². The lowest BCUT2D eigenvalue weighted by molar-refractivity contribution is -0.134. The number of benzene rings is 1. The molecule has 2 aliphatic heterocycles. The zero-order chi connectivity index (χ0) is 17.9. The van der Waals surface area contributed by atoms with Crippen molar-refractivity contribution < 1.29 is 13.2 Å². The predicted molar refractivity (Wildman–Crippen MR) is 99.9 cm³/mol. The largest absolute Gasteiger partial charge is 0.338 e. The molecule has 136 valence electrons. The van der Waals surface area contributed by atoms with Crippen LogP contribution in [0.2, 0.25) is 0 Å². The highest BCUT2D eigenvalue weighted by molar-refractivity contribution is 7.91. The van der Waals surface area contributed by atoms with Crippen molar-refractivity contribution >= 4 is 21.3 Å². The molecule has 0 N–H and O–H groups in total. The number of amides is 1. The summed E-state index contributed by atoms with van der Waals surface area (Å²) < 4.78 is 23.4. The Morgan fingerprint density at radius 1 is 1.28 bits per heavy atom. The van der Waals surface area contributed by atoms with Crippen molar-refractivity contribution in [3.63, 3.8) is 0 Å². The smallest absolute Gasteiger partial charge is 0.237 e. The van der Waals surface area contributed by atoms with Gasteiger partial charge in [0.25, 0.3) is 0 Å². The minimum atomic E-state index is -2.97. The molecular weight excluding hydrogens is 336 g/mol. The molecule has 1 aromatic rings. The van der Waals surface area contributed by atoms with E-state index < -0.39 is 9.84 Å². The minimum absolute atomic E-state index is 0.0427. The van der Waals surface area contributed by atoms with Crippen LogP contribution in [0.1, 0.15) is 25.3 Å². The highest BCUT2D eigenvalue weighted by Gasteiger charge is 2.34. The van der Waals surface area contributed by atoms with Gasteiger partial charge in [-0.15, -0.1) is 0 Å². The van der Waals surface area contributed by atoms with Crippen LogP contribution in [-0.4, -0.2) is 67.9 Å². The van der Waals surface area contributed by atoms with Crippen LogP contribution in [0.3, 0.4) is 0 Å². The van der Waals surface area contributed by atoms with Crippen molar-refractivity contribution in [1.82, 2.24) is 9.80 Å². The topological polar surface area (TPSA) is 57.7 Å².